The highest BCUT2D eigenvalue weighted by Gasteiger charge is 2.23. The van der Waals surface area contributed by atoms with E-state index in [1.807, 2.05) is 6.07 Å². The maximum atomic E-state index is 12.0. The standard InChI is InChI=1S/C13H17N3O3S/c14-12(17)5-6-19-11-4-2-1-3-9(11)16-13(18)10-7-20-8-15-10/h1-4,10,15H,5-8H2,(H2,14,17)(H,16,18). The molecule has 2 amide bonds. The van der Waals surface area contributed by atoms with E-state index in [-0.39, 0.29) is 25.0 Å². The van der Waals surface area contributed by atoms with Crippen molar-refractivity contribution in [2.45, 2.75) is 12.5 Å². The van der Waals surface area contributed by atoms with E-state index in [1.165, 1.54) is 0 Å². The lowest BCUT2D eigenvalue weighted by Crippen LogP contribution is -2.37. The molecule has 0 spiro atoms. The van der Waals surface area contributed by atoms with Crippen LogP contribution in [0.4, 0.5) is 5.69 Å². The number of anilines is 1. The van der Waals surface area contributed by atoms with E-state index in [2.05, 4.69) is 10.6 Å². The van der Waals surface area contributed by atoms with Gasteiger partial charge in [0, 0.05) is 11.6 Å². The summed E-state index contributed by atoms with van der Waals surface area (Å²) in [4.78, 5) is 22.7. The molecule has 0 radical (unpaired) electrons. The highest BCUT2D eigenvalue weighted by atomic mass is 32.2. The highest BCUT2D eigenvalue weighted by molar-refractivity contribution is 7.99. The number of carbonyl (C=O) groups excluding carboxylic acids is 2. The Labute approximate surface area is 121 Å². The first-order chi connectivity index (χ1) is 9.66. The van der Waals surface area contributed by atoms with Gasteiger partial charge in [-0.05, 0) is 12.1 Å². The molecule has 6 nitrogen and oxygen atoms in total. The first-order valence-electron chi connectivity index (χ1n) is 6.29. The van der Waals surface area contributed by atoms with Gasteiger partial charge in [-0.25, -0.2) is 0 Å². The number of carbonyl (C=O) groups is 2. The van der Waals surface area contributed by atoms with Gasteiger partial charge in [-0.3, -0.25) is 14.9 Å². The fraction of sp³-hybridized carbons (Fsp3) is 0.385. The Bertz CT molecular complexity index is 490. The summed E-state index contributed by atoms with van der Waals surface area (Å²) < 4.78 is 5.47. The smallest absolute Gasteiger partial charge is 0.242 e. The zero-order valence-electron chi connectivity index (χ0n) is 10.9. The van der Waals surface area contributed by atoms with E-state index in [0.717, 1.165) is 11.6 Å². The Morgan fingerprint density at radius 3 is 2.95 bits per heavy atom. The van der Waals surface area contributed by atoms with Crippen LogP contribution in [0.3, 0.4) is 0 Å². The van der Waals surface area contributed by atoms with Crippen LogP contribution in [0.25, 0.3) is 0 Å². The molecule has 0 saturated carbocycles. The van der Waals surface area contributed by atoms with Gasteiger partial charge < -0.3 is 15.8 Å². The van der Waals surface area contributed by atoms with Crippen LogP contribution >= 0.6 is 11.8 Å². The van der Waals surface area contributed by atoms with Crippen molar-refractivity contribution in [2.24, 2.45) is 5.73 Å². The second-order valence-electron chi connectivity index (χ2n) is 4.32. The third kappa shape index (κ3) is 4.14. The molecule has 1 saturated heterocycles. The normalized spacial score (nSPS) is 17.7. The summed E-state index contributed by atoms with van der Waals surface area (Å²) in [6.45, 7) is 0.194. The van der Waals surface area contributed by atoms with E-state index in [0.29, 0.717) is 11.4 Å². The van der Waals surface area contributed by atoms with Crippen molar-refractivity contribution in [3.8, 4) is 5.75 Å². The van der Waals surface area contributed by atoms with Crippen molar-refractivity contribution in [3.63, 3.8) is 0 Å². The SMILES string of the molecule is NC(=O)CCOc1ccccc1NC(=O)C1CSCN1. The van der Waals surface area contributed by atoms with E-state index < -0.39 is 5.91 Å². The van der Waals surface area contributed by atoms with Gasteiger partial charge in [0.25, 0.3) is 0 Å². The summed E-state index contributed by atoms with van der Waals surface area (Å²) in [5.41, 5.74) is 5.66. The molecule has 0 bridgehead atoms. The van der Waals surface area contributed by atoms with Crippen LogP contribution in [0.1, 0.15) is 6.42 Å². The minimum atomic E-state index is -0.418. The maximum absolute atomic E-state index is 12.0. The summed E-state index contributed by atoms with van der Waals surface area (Å²) in [6, 6.07) is 6.94. The number of nitrogens with one attached hydrogen (secondary N) is 2. The number of amides is 2. The van der Waals surface area contributed by atoms with Crippen LogP contribution in [0.15, 0.2) is 24.3 Å². The molecule has 4 N–H and O–H groups in total. The molecule has 2 rings (SSSR count). The molecule has 1 aliphatic rings. The summed E-state index contributed by atoms with van der Waals surface area (Å²) in [6.07, 6.45) is 0.142. The highest BCUT2D eigenvalue weighted by Crippen LogP contribution is 2.24. The second kappa shape index (κ2) is 7.16. The number of ether oxygens (including phenoxy) is 1. The average Bonchev–Trinajstić information content (AvgIpc) is 2.94. The Morgan fingerprint density at radius 2 is 2.25 bits per heavy atom. The van der Waals surface area contributed by atoms with Gasteiger partial charge in [0.1, 0.15) is 5.75 Å². The third-order valence-electron chi connectivity index (χ3n) is 2.78. The largest absolute Gasteiger partial charge is 0.491 e. The quantitative estimate of drug-likeness (QED) is 0.712. The van der Waals surface area contributed by atoms with E-state index in [9.17, 15) is 9.59 Å². The van der Waals surface area contributed by atoms with Crippen molar-refractivity contribution in [2.75, 3.05) is 23.6 Å². The molecule has 1 heterocycles. The van der Waals surface area contributed by atoms with Crippen LogP contribution in [-0.2, 0) is 9.59 Å². The first-order valence-corrected chi connectivity index (χ1v) is 7.44. The molecule has 20 heavy (non-hydrogen) atoms. The molecule has 1 atom stereocenters. The van der Waals surface area contributed by atoms with Crippen LogP contribution in [0.2, 0.25) is 0 Å². The summed E-state index contributed by atoms with van der Waals surface area (Å²) in [5, 5.41) is 5.94. The molecule has 0 aliphatic carbocycles. The maximum Gasteiger partial charge on any atom is 0.242 e. The number of rotatable bonds is 6. The molecule has 1 aliphatic heterocycles. The van der Waals surface area contributed by atoms with Crippen molar-refractivity contribution in [3.05, 3.63) is 24.3 Å². The molecular weight excluding hydrogens is 278 g/mol. The summed E-state index contributed by atoms with van der Waals surface area (Å²) in [7, 11) is 0. The molecular formula is C13H17N3O3S. The Kier molecular flexibility index (Phi) is 5.25. The minimum absolute atomic E-state index is 0.0825. The first kappa shape index (κ1) is 14.7. The summed E-state index contributed by atoms with van der Waals surface area (Å²) >= 11 is 1.69. The van der Waals surface area contributed by atoms with Gasteiger partial charge in [0.15, 0.2) is 0 Å². The van der Waals surface area contributed by atoms with E-state index in [4.69, 9.17) is 10.5 Å². The molecule has 108 valence electrons. The van der Waals surface area contributed by atoms with Crippen molar-refractivity contribution in [1.82, 2.24) is 5.32 Å². The summed E-state index contributed by atoms with van der Waals surface area (Å²) in [5.74, 6) is 1.58. The number of benzene rings is 1. The number of thioether (sulfide) groups is 1. The van der Waals surface area contributed by atoms with Gasteiger partial charge in [0.05, 0.1) is 24.8 Å². The molecule has 1 aromatic rings. The van der Waals surface area contributed by atoms with Gasteiger partial charge in [-0.1, -0.05) is 12.1 Å². The molecule has 7 heteroatoms. The van der Waals surface area contributed by atoms with Crippen molar-refractivity contribution < 1.29 is 14.3 Å². The topological polar surface area (TPSA) is 93.5 Å². The Hall–Kier alpha value is -1.73. The van der Waals surface area contributed by atoms with Crippen LogP contribution in [-0.4, -0.2) is 36.1 Å². The molecule has 1 fully saturated rings. The lowest BCUT2D eigenvalue weighted by Gasteiger charge is -2.14. The fourth-order valence-electron chi connectivity index (χ4n) is 1.74. The number of hydrogen-bond acceptors (Lipinski definition) is 5. The zero-order valence-corrected chi connectivity index (χ0v) is 11.7. The number of hydrogen-bond donors (Lipinski definition) is 3. The number of nitrogens with two attached hydrogens (primary N) is 1. The van der Waals surface area contributed by atoms with E-state index in [1.54, 1.807) is 30.0 Å². The third-order valence-corrected chi connectivity index (χ3v) is 3.72. The van der Waals surface area contributed by atoms with Gasteiger partial charge in [0.2, 0.25) is 11.8 Å². The van der Waals surface area contributed by atoms with Crippen LogP contribution in [0.5, 0.6) is 5.75 Å². The average molecular weight is 295 g/mol. The Balaban J connectivity index is 1.96. The number of para-hydroxylation sites is 2. The Morgan fingerprint density at radius 1 is 1.45 bits per heavy atom. The number of primary amides is 1. The molecule has 1 unspecified atom stereocenters. The predicted octanol–water partition coefficient (Wildman–Crippen LogP) is 0.542. The van der Waals surface area contributed by atoms with Crippen LogP contribution < -0.4 is 21.1 Å². The van der Waals surface area contributed by atoms with Crippen LogP contribution in [0, 0.1) is 0 Å². The van der Waals surface area contributed by atoms with Gasteiger partial charge in [-0.2, -0.15) is 0 Å². The lowest BCUT2D eigenvalue weighted by molar-refractivity contribution is -0.119. The zero-order chi connectivity index (χ0) is 14.4. The van der Waals surface area contributed by atoms with Crippen molar-refractivity contribution in [1.29, 1.82) is 0 Å². The molecule has 0 aromatic heterocycles. The minimum Gasteiger partial charge on any atom is -0.491 e. The molecule has 1 aromatic carbocycles. The van der Waals surface area contributed by atoms with Gasteiger partial charge in [-0.15, -0.1) is 11.8 Å². The monoisotopic (exact) mass is 295 g/mol. The van der Waals surface area contributed by atoms with Gasteiger partial charge >= 0.3 is 0 Å². The van der Waals surface area contributed by atoms with Crippen molar-refractivity contribution >= 4 is 29.3 Å². The lowest BCUT2D eigenvalue weighted by atomic mass is 10.2. The second-order valence-corrected chi connectivity index (χ2v) is 5.35. The van der Waals surface area contributed by atoms with E-state index >= 15 is 0 Å². The predicted molar refractivity (Wildman–Crippen MR) is 78.6 cm³/mol. The fourth-order valence-corrected chi connectivity index (χ4v) is 2.68.